The maximum Gasteiger partial charge on any atom is 0.340 e. The molecule has 0 saturated heterocycles. The van der Waals surface area contributed by atoms with Crippen molar-refractivity contribution >= 4 is 52.1 Å². The topological polar surface area (TPSA) is 55.4 Å². The van der Waals surface area contributed by atoms with E-state index in [1.54, 1.807) is 24.3 Å². The lowest BCUT2D eigenvalue weighted by molar-refractivity contribution is -0.123. The van der Waals surface area contributed by atoms with Gasteiger partial charge in [0.05, 0.1) is 5.56 Å². The maximum atomic E-state index is 12.1. The minimum Gasteiger partial charge on any atom is -0.449 e. The lowest BCUT2D eigenvalue weighted by Gasteiger charge is -2.14. The molecule has 1 N–H and O–H groups in total. The highest BCUT2D eigenvalue weighted by atomic mass is 35.5. The van der Waals surface area contributed by atoms with Crippen molar-refractivity contribution in [1.82, 2.24) is 0 Å². The fourth-order valence-electron chi connectivity index (χ4n) is 1.98. The first-order chi connectivity index (χ1) is 10.8. The number of thiophene rings is 1. The predicted molar refractivity (Wildman–Crippen MR) is 93.8 cm³/mol. The molecule has 1 amide bonds. The second-order valence-corrected chi connectivity index (χ2v) is 7.36. The predicted octanol–water partition coefficient (Wildman–Crippen LogP) is 4.86. The lowest BCUT2D eigenvalue weighted by atomic mass is 10.2. The van der Waals surface area contributed by atoms with Gasteiger partial charge >= 0.3 is 5.97 Å². The number of esters is 1. The summed E-state index contributed by atoms with van der Waals surface area (Å²) in [7, 11) is 0. The molecule has 1 heterocycles. The van der Waals surface area contributed by atoms with Crippen LogP contribution in [0.5, 0.6) is 0 Å². The molecular weight excluding hydrogens is 357 g/mol. The molecular formula is C16H15Cl2NO3S. The van der Waals surface area contributed by atoms with Crippen LogP contribution >= 0.6 is 34.5 Å². The molecule has 0 bridgehead atoms. The summed E-state index contributed by atoms with van der Waals surface area (Å²) < 4.78 is 5.21. The molecule has 0 spiro atoms. The number of halogens is 2. The summed E-state index contributed by atoms with van der Waals surface area (Å²) in [5.41, 5.74) is 0.927. The van der Waals surface area contributed by atoms with E-state index in [9.17, 15) is 9.59 Å². The quantitative estimate of drug-likeness (QED) is 0.780. The number of hydrogen-bond donors (Lipinski definition) is 1. The number of nitrogens with one attached hydrogen (secondary N) is 1. The van der Waals surface area contributed by atoms with Gasteiger partial charge in [-0.1, -0.05) is 23.2 Å². The van der Waals surface area contributed by atoms with Crippen LogP contribution in [0.15, 0.2) is 24.3 Å². The van der Waals surface area contributed by atoms with E-state index < -0.39 is 18.0 Å². The molecule has 122 valence electrons. The lowest BCUT2D eigenvalue weighted by Crippen LogP contribution is -2.30. The Hall–Kier alpha value is -1.56. The van der Waals surface area contributed by atoms with E-state index in [1.165, 1.54) is 18.3 Å². The van der Waals surface area contributed by atoms with E-state index in [0.29, 0.717) is 21.3 Å². The van der Waals surface area contributed by atoms with Crippen molar-refractivity contribution in [2.24, 2.45) is 0 Å². The van der Waals surface area contributed by atoms with Crippen LogP contribution in [0, 0.1) is 13.8 Å². The standard InChI is InChI=1S/C16H15Cl2NO3S/c1-8-4-14(10(3)23-8)16(21)22-9(2)15(20)19-13-6-11(17)5-12(18)7-13/h4-7,9H,1-3H3,(H,19,20)/t9-/m1/s1. The molecule has 23 heavy (non-hydrogen) atoms. The first-order valence-electron chi connectivity index (χ1n) is 6.81. The van der Waals surface area contributed by atoms with Gasteiger partial charge in [-0.15, -0.1) is 11.3 Å². The molecule has 1 atom stereocenters. The van der Waals surface area contributed by atoms with Crippen molar-refractivity contribution in [3.63, 3.8) is 0 Å². The molecule has 0 saturated carbocycles. The van der Waals surface area contributed by atoms with Crippen LogP contribution in [0.25, 0.3) is 0 Å². The van der Waals surface area contributed by atoms with E-state index in [-0.39, 0.29) is 0 Å². The highest BCUT2D eigenvalue weighted by Gasteiger charge is 2.21. The van der Waals surface area contributed by atoms with Gasteiger partial charge in [0.15, 0.2) is 6.10 Å². The molecule has 0 aliphatic heterocycles. The number of anilines is 1. The van der Waals surface area contributed by atoms with Crippen LogP contribution in [-0.2, 0) is 9.53 Å². The van der Waals surface area contributed by atoms with E-state index in [0.717, 1.165) is 9.75 Å². The Kier molecular flexibility index (Phi) is 5.68. The fraction of sp³-hybridized carbons (Fsp3) is 0.250. The molecule has 2 aromatic rings. The van der Waals surface area contributed by atoms with Gasteiger partial charge in [-0.05, 0) is 45.0 Å². The van der Waals surface area contributed by atoms with E-state index in [2.05, 4.69) is 5.32 Å². The second kappa shape index (κ2) is 7.34. The third kappa shape index (κ3) is 4.70. The number of ether oxygens (including phenoxy) is 1. The summed E-state index contributed by atoms with van der Waals surface area (Å²) >= 11 is 13.3. The zero-order valence-corrected chi connectivity index (χ0v) is 15.1. The number of benzene rings is 1. The van der Waals surface area contributed by atoms with Gasteiger partial charge in [0, 0.05) is 25.5 Å². The van der Waals surface area contributed by atoms with Crippen LogP contribution < -0.4 is 5.32 Å². The minimum absolute atomic E-state index is 0.404. The largest absolute Gasteiger partial charge is 0.449 e. The molecule has 0 aliphatic rings. The van der Waals surface area contributed by atoms with E-state index >= 15 is 0 Å². The molecule has 7 heteroatoms. The number of carbonyl (C=O) groups is 2. The second-order valence-electron chi connectivity index (χ2n) is 5.02. The van der Waals surface area contributed by atoms with Gasteiger partial charge in [-0.2, -0.15) is 0 Å². The van der Waals surface area contributed by atoms with E-state index in [4.69, 9.17) is 27.9 Å². The van der Waals surface area contributed by atoms with Crippen molar-refractivity contribution in [3.8, 4) is 0 Å². The highest BCUT2D eigenvalue weighted by molar-refractivity contribution is 7.12. The SMILES string of the molecule is Cc1cc(C(=O)O[C@H](C)C(=O)Nc2cc(Cl)cc(Cl)c2)c(C)s1. The van der Waals surface area contributed by atoms with Crippen LogP contribution in [0.2, 0.25) is 10.0 Å². The number of carbonyl (C=O) groups excluding carboxylic acids is 2. The molecule has 0 unspecified atom stereocenters. The van der Waals surface area contributed by atoms with Gasteiger partial charge in [0.2, 0.25) is 0 Å². The third-order valence-corrected chi connectivity index (χ3v) is 4.45. The number of hydrogen-bond acceptors (Lipinski definition) is 4. The number of rotatable bonds is 4. The van der Waals surface area contributed by atoms with Crippen molar-refractivity contribution < 1.29 is 14.3 Å². The normalized spacial score (nSPS) is 11.9. The maximum absolute atomic E-state index is 12.1. The summed E-state index contributed by atoms with van der Waals surface area (Å²) in [5.74, 6) is -0.972. The van der Waals surface area contributed by atoms with Crippen LogP contribution in [0.4, 0.5) is 5.69 Å². The van der Waals surface area contributed by atoms with Gasteiger partial charge < -0.3 is 10.1 Å². The van der Waals surface area contributed by atoms with Gasteiger partial charge in [0.25, 0.3) is 5.91 Å². The van der Waals surface area contributed by atoms with Crippen molar-refractivity contribution in [3.05, 3.63) is 49.6 Å². The average Bonchev–Trinajstić information content (AvgIpc) is 2.76. The van der Waals surface area contributed by atoms with Crippen molar-refractivity contribution in [2.75, 3.05) is 5.32 Å². The Labute approximate surface area is 148 Å². The Bertz CT molecular complexity index is 738. The molecule has 1 aromatic carbocycles. The fourth-order valence-corrected chi connectivity index (χ4v) is 3.42. The zero-order valence-electron chi connectivity index (χ0n) is 12.8. The van der Waals surface area contributed by atoms with Crippen LogP contribution in [0.3, 0.4) is 0 Å². The molecule has 4 nitrogen and oxygen atoms in total. The summed E-state index contributed by atoms with van der Waals surface area (Å²) in [6, 6.07) is 6.44. The average molecular weight is 372 g/mol. The van der Waals surface area contributed by atoms with Gasteiger partial charge in [-0.3, -0.25) is 4.79 Å². The number of aryl methyl sites for hydroxylation is 2. The number of amides is 1. The summed E-state index contributed by atoms with van der Waals surface area (Å²) in [5, 5.41) is 3.43. The van der Waals surface area contributed by atoms with Crippen molar-refractivity contribution in [1.29, 1.82) is 0 Å². The Morgan fingerprint density at radius 2 is 1.74 bits per heavy atom. The van der Waals surface area contributed by atoms with Gasteiger partial charge in [0.1, 0.15) is 0 Å². The Balaban J connectivity index is 2.02. The smallest absolute Gasteiger partial charge is 0.340 e. The van der Waals surface area contributed by atoms with Crippen LogP contribution in [-0.4, -0.2) is 18.0 Å². The third-order valence-electron chi connectivity index (χ3n) is 3.04. The molecule has 0 fully saturated rings. The molecule has 0 aliphatic carbocycles. The van der Waals surface area contributed by atoms with Crippen molar-refractivity contribution in [2.45, 2.75) is 26.9 Å². The van der Waals surface area contributed by atoms with Gasteiger partial charge in [-0.25, -0.2) is 4.79 Å². The zero-order chi connectivity index (χ0) is 17.1. The summed E-state index contributed by atoms with van der Waals surface area (Å²) in [4.78, 5) is 26.1. The highest BCUT2D eigenvalue weighted by Crippen LogP contribution is 2.24. The first-order valence-corrected chi connectivity index (χ1v) is 8.38. The van der Waals surface area contributed by atoms with E-state index in [1.807, 2.05) is 13.8 Å². The molecule has 2 rings (SSSR count). The summed E-state index contributed by atoms with van der Waals surface area (Å²) in [6.45, 7) is 5.26. The van der Waals surface area contributed by atoms with Crippen LogP contribution in [0.1, 0.15) is 27.0 Å². The summed E-state index contributed by atoms with van der Waals surface area (Å²) in [6.07, 6.45) is -0.945. The minimum atomic E-state index is -0.945. The molecule has 1 aromatic heterocycles. The Morgan fingerprint density at radius 3 is 2.26 bits per heavy atom. The monoisotopic (exact) mass is 371 g/mol. The Morgan fingerprint density at radius 1 is 1.13 bits per heavy atom. The first kappa shape index (κ1) is 17.8. The molecule has 0 radical (unpaired) electrons.